The van der Waals surface area contributed by atoms with E-state index in [-0.39, 0.29) is 0 Å². The lowest BCUT2D eigenvalue weighted by Crippen LogP contribution is -2.00. The molecule has 1 saturated carbocycles. The molecule has 3 N–H and O–H groups in total. The Hall–Kier alpha value is -2.03. The van der Waals surface area contributed by atoms with Crippen molar-refractivity contribution in [2.45, 2.75) is 26.2 Å². The summed E-state index contributed by atoms with van der Waals surface area (Å²) in [4.78, 5) is 4.48. The molecule has 1 heterocycles. The normalized spacial score (nSPS) is 14.4. The minimum atomic E-state index is 0.789. The molecule has 0 atom stereocenters. The maximum atomic E-state index is 6.04. The zero-order valence-corrected chi connectivity index (χ0v) is 10.5. The van der Waals surface area contributed by atoms with Crippen molar-refractivity contribution < 1.29 is 0 Å². The lowest BCUT2D eigenvalue weighted by molar-refractivity contribution is 0.661. The smallest absolute Gasteiger partial charge is 0.0727 e. The monoisotopic (exact) mass is 239 g/mol. The van der Waals surface area contributed by atoms with E-state index in [2.05, 4.69) is 22.6 Å². The summed E-state index contributed by atoms with van der Waals surface area (Å²) in [6, 6.07) is 8.04. The Bertz CT molecular complexity index is 623. The van der Waals surface area contributed by atoms with Gasteiger partial charge in [-0.25, -0.2) is 0 Å². The number of aromatic nitrogens is 1. The van der Waals surface area contributed by atoms with E-state index in [0.29, 0.717) is 0 Å². The molecule has 1 fully saturated rings. The molecule has 3 rings (SSSR count). The van der Waals surface area contributed by atoms with Crippen molar-refractivity contribution in [2.24, 2.45) is 0 Å². The number of nitrogen functional groups attached to an aromatic ring is 1. The third kappa shape index (κ3) is 2.04. The fourth-order valence-electron chi connectivity index (χ4n) is 2.19. The number of allylic oxidation sites excluding steroid dienone is 1. The molecule has 3 nitrogen and oxygen atoms in total. The van der Waals surface area contributed by atoms with Gasteiger partial charge in [-0.1, -0.05) is 5.57 Å². The summed E-state index contributed by atoms with van der Waals surface area (Å²) in [5.74, 6) is 0. The quantitative estimate of drug-likeness (QED) is 0.841. The highest BCUT2D eigenvalue weighted by atomic mass is 14.8. The Morgan fingerprint density at radius 1 is 1.28 bits per heavy atom. The van der Waals surface area contributed by atoms with E-state index in [1.165, 1.54) is 24.8 Å². The molecular formula is C15H17N3. The van der Waals surface area contributed by atoms with Crippen molar-refractivity contribution in [3.8, 4) is 0 Å². The van der Waals surface area contributed by atoms with E-state index in [0.717, 1.165) is 28.0 Å². The van der Waals surface area contributed by atoms with Crippen molar-refractivity contribution in [3.05, 3.63) is 41.7 Å². The van der Waals surface area contributed by atoms with E-state index in [4.69, 9.17) is 5.73 Å². The van der Waals surface area contributed by atoms with Gasteiger partial charge in [0, 0.05) is 28.7 Å². The predicted molar refractivity (Wildman–Crippen MR) is 76.4 cm³/mol. The van der Waals surface area contributed by atoms with Crippen LogP contribution in [0.4, 0.5) is 11.4 Å². The third-order valence-corrected chi connectivity index (χ3v) is 3.41. The van der Waals surface area contributed by atoms with Crippen molar-refractivity contribution in [1.82, 2.24) is 4.98 Å². The van der Waals surface area contributed by atoms with Crippen LogP contribution < -0.4 is 11.1 Å². The van der Waals surface area contributed by atoms with Gasteiger partial charge in [0.2, 0.25) is 0 Å². The highest BCUT2D eigenvalue weighted by Crippen LogP contribution is 2.27. The summed E-state index contributed by atoms with van der Waals surface area (Å²) in [6.07, 6.45) is 5.89. The van der Waals surface area contributed by atoms with Crippen molar-refractivity contribution >= 4 is 22.3 Å². The van der Waals surface area contributed by atoms with E-state index < -0.39 is 0 Å². The SMILES string of the molecule is Cc1cc(N)c2cc(NC=C3CCC3)ccc2n1. The van der Waals surface area contributed by atoms with Crippen molar-refractivity contribution in [1.29, 1.82) is 0 Å². The standard InChI is InChI=1S/C15H17N3/c1-10-7-14(16)13-8-12(5-6-15(13)18-10)17-9-11-3-2-4-11/h5-9,17H,2-4H2,1H3,(H2,16,18). The molecule has 0 radical (unpaired) electrons. The summed E-state index contributed by atoms with van der Waals surface area (Å²) in [5, 5.41) is 4.35. The molecule has 0 spiro atoms. The lowest BCUT2D eigenvalue weighted by Gasteiger charge is -2.16. The minimum absolute atomic E-state index is 0.789. The molecule has 18 heavy (non-hydrogen) atoms. The molecule has 92 valence electrons. The largest absolute Gasteiger partial charge is 0.398 e. The van der Waals surface area contributed by atoms with Crippen LogP contribution in [0.3, 0.4) is 0 Å². The van der Waals surface area contributed by atoms with E-state index in [1.54, 1.807) is 0 Å². The summed E-state index contributed by atoms with van der Waals surface area (Å²) in [7, 11) is 0. The molecule has 1 aliphatic carbocycles. The molecule has 1 aliphatic rings. The molecule has 1 aromatic carbocycles. The van der Waals surface area contributed by atoms with Crippen LogP contribution in [0, 0.1) is 6.92 Å². The van der Waals surface area contributed by atoms with E-state index in [9.17, 15) is 0 Å². The fourth-order valence-corrected chi connectivity index (χ4v) is 2.19. The van der Waals surface area contributed by atoms with E-state index in [1.807, 2.05) is 25.1 Å². The molecular weight excluding hydrogens is 222 g/mol. The van der Waals surface area contributed by atoms with Crippen LogP contribution in [-0.4, -0.2) is 4.98 Å². The van der Waals surface area contributed by atoms with Gasteiger partial charge in [0.1, 0.15) is 0 Å². The van der Waals surface area contributed by atoms with Gasteiger partial charge >= 0.3 is 0 Å². The van der Waals surface area contributed by atoms with Crippen LogP contribution in [0.15, 0.2) is 36.0 Å². The number of aryl methyl sites for hydroxylation is 1. The molecule has 0 saturated heterocycles. The average Bonchev–Trinajstić information content (AvgIpc) is 2.27. The molecule has 0 unspecified atom stereocenters. The van der Waals surface area contributed by atoms with Crippen LogP contribution in [-0.2, 0) is 0 Å². The highest BCUT2D eigenvalue weighted by molar-refractivity contribution is 5.92. The summed E-state index contributed by atoms with van der Waals surface area (Å²) >= 11 is 0. The van der Waals surface area contributed by atoms with Gasteiger partial charge in [-0.2, -0.15) is 0 Å². The number of nitrogens with two attached hydrogens (primary N) is 1. The Labute approximate surface area is 107 Å². The molecule has 3 heteroatoms. The maximum absolute atomic E-state index is 6.04. The van der Waals surface area contributed by atoms with Crippen LogP contribution in [0.25, 0.3) is 10.9 Å². The Balaban J connectivity index is 1.95. The maximum Gasteiger partial charge on any atom is 0.0727 e. The van der Waals surface area contributed by atoms with Crippen LogP contribution in [0.5, 0.6) is 0 Å². The number of hydrogen-bond acceptors (Lipinski definition) is 3. The summed E-state index contributed by atoms with van der Waals surface area (Å²) < 4.78 is 0. The van der Waals surface area contributed by atoms with Crippen molar-refractivity contribution in [2.75, 3.05) is 11.1 Å². The molecule has 2 aromatic rings. The number of fused-ring (bicyclic) bond motifs is 1. The van der Waals surface area contributed by atoms with Gasteiger partial charge in [-0.15, -0.1) is 0 Å². The average molecular weight is 239 g/mol. The van der Waals surface area contributed by atoms with Crippen LogP contribution in [0.1, 0.15) is 25.0 Å². The van der Waals surface area contributed by atoms with Crippen LogP contribution >= 0.6 is 0 Å². The highest BCUT2D eigenvalue weighted by Gasteiger charge is 2.07. The topological polar surface area (TPSA) is 50.9 Å². The Morgan fingerprint density at radius 3 is 2.83 bits per heavy atom. The van der Waals surface area contributed by atoms with Crippen LogP contribution in [0.2, 0.25) is 0 Å². The first-order chi connectivity index (χ1) is 8.72. The number of nitrogens with one attached hydrogen (secondary N) is 1. The molecule has 1 aromatic heterocycles. The second kappa shape index (κ2) is 4.33. The molecule has 0 bridgehead atoms. The lowest BCUT2D eigenvalue weighted by atomic mass is 9.93. The first kappa shape index (κ1) is 11.1. The number of benzene rings is 1. The van der Waals surface area contributed by atoms with Gasteiger partial charge in [-0.3, -0.25) is 4.98 Å². The predicted octanol–water partition coefficient (Wildman–Crippen LogP) is 3.61. The summed E-state index contributed by atoms with van der Waals surface area (Å²) in [6.45, 7) is 1.96. The third-order valence-electron chi connectivity index (χ3n) is 3.41. The molecule has 0 aliphatic heterocycles. The van der Waals surface area contributed by atoms with E-state index >= 15 is 0 Å². The first-order valence-electron chi connectivity index (χ1n) is 6.34. The number of rotatable bonds is 2. The number of anilines is 2. The minimum Gasteiger partial charge on any atom is -0.398 e. The number of pyridine rings is 1. The Morgan fingerprint density at radius 2 is 2.11 bits per heavy atom. The fraction of sp³-hybridized carbons (Fsp3) is 0.267. The van der Waals surface area contributed by atoms with Gasteiger partial charge in [0.05, 0.1) is 5.52 Å². The zero-order chi connectivity index (χ0) is 12.5. The Kier molecular flexibility index (Phi) is 2.67. The van der Waals surface area contributed by atoms with Gasteiger partial charge in [0.25, 0.3) is 0 Å². The van der Waals surface area contributed by atoms with Crippen molar-refractivity contribution in [3.63, 3.8) is 0 Å². The number of hydrogen-bond donors (Lipinski definition) is 2. The summed E-state index contributed by atoms with van der Waals surface area (Å²) in [5.41, 5.74) is 11.3. The van der Waals surface area contributed by atoms with Gasteiger partial charge in [-0.05, 0) is 50.5 Å². The number of nitrogens with zero attached hydrogens (tertiary/aromatic N) is 1. The second-order valence-corrected chi connectivity index (χ2v) is 4.89. The van der Waals surface area contributed by atoms with Gasteiger partial charge < -0.3 is 11.1 Å². The van der Waals surface area contributed by atoms with Gasteiger partial charge in [0.15, 0.2) is 0 Å². The first-order valence-corrected chi connectivity index (χ1v) is 6.34. The molecule has 0 amide bonds. The second-order valence-electron chi connectivity index (χ2n) is 4.89. The zero-order valence-electron chi connectivity index (χ0n) is 10.5.